The number of ether oxygens (including phenoxy) is 1. The lowest BCUT2D eigenvalue weighted by molar-refractivity contribution is -0.0500. The molecule has 0 radical (unpaired) electrons. The summed E-state index contributed by atoms with van der Waals surface area (Å²) in [6.07, 6.45) is 2.53. The van der Waals surface area contributed by atoms with E-state index in [4.69, 9.17) is 4.74 Å². The van der Waals surface area contributed by atoms with Gasteiger partial charge in [0.2, 0.25) is 5.88 Å². The summed E-state index contributed by atoms with van der Waals surface area (Å²) in [5, 5.41) is 0. The topological polar surface area (TPSA) is 65.5 Å². The van der Waals surface area contributed by atoms with Gasteiger partial charge in [0.05, 0.1) is 7.11 Å². The minimum absolute atomic E-state index is 0.238. The predicted octanol–water partition coefficient (Wildman–Crippen LogP) is 3.08. The van der Waals surface area contributed by atoms with Gasteiger partial charge in [-0.15, -0.1) is 0 Å². The SMILES string of the molecule is COc1cc(-c2ccc3c(c2OS(=O)(=O)C(F)(F)F)CC3)ccn1. The Kier molecular flexibility index (Phi) is 3.90. The number of pyridine rings is 1. The average molecular weight is 359 g/mol. The van der Waals surface area contributed by atoms with Crippen molar-refractivity contribution in [3.05, 3.63) is 41.6 Å². The molecule has 0 spiro atoms. The summed E-state index contributed by atoms with van der Waals surface area (Å²) in [6.45, 7) is 0. The normalized spacial score (nSPS) is 13.8. The van der Waals surface area contributed by atoms with Crippen LogP contribution in [-0.2, 0) is 23.0 Å². The fourth-order valence-corrected chi connectivity index (χ4v) is 2.93. The number of alkyl halides is 3. The first kappa shape index (κ1) is 16.6. The highest BCUT2D eigenvalue weighted by Crippen LogP contribution is 2.42. The Balaban J connectivity index is 2.13. The van der Waals surface area contributed by atoms with Crippen LogP contribution in [0.3, 0.4) is 0 Å². The second-order valence-electron chi connectivity index (χ2n) is 5.15. The molecule has 0 atom stereocenters. The molecule has 1 aromatic heterocycles. The first-order valence-electron chi connectivity index (χ1n) is 6.89. The molecular formula is C15H12F3NO4S. The molecule has 0 amide bonds. The van der Waals surface area contributed by atoms with E-state index < -0.39 is 15.6 Å². The lowest BCUT2D eigenvalue weighted by Gasteiger charge is -2.25. The van der Waals surface area contributed by atoms with Gasteiger partial charge < -0.3 is 8.92 Å². The third-order valence-corrected chi connectivity index (χ3v) is 4.69. The number of halogens is 3. The maximum atomic E-state index is 12.7. The van der Waals surface area contributed by atoms with E-state index in [0.29, 0.717) is 24.0 Å². The summed E-state index contributed by atoms with van der Waals surface area (Å²) in [7, 11) is -4.35. The number of aryl methyl sites for hydroxylation is 1. The molecule has 0 fully saturated rings. The van der Waals surface area contributed by atoms with E-state index in [1.165, 1.54) is 31.5 Å². The Bertz CT molecular complexity index is 894. The minimum atomic E-state index is -5.75. The van der Waals surface area contributed by atoms with Crippen molar-refractivity contribution in [2.24, 2.45) is 0 Å². The van der Waals surface area contributed by atoms with Crippen molar-refractivity contribution in [1.29, 1.82) is 0 Å². The van der Waals surface area contributed by atoms with Gasteiger partial charge in [-0.1, -0.05) is 12.1 Å². The maximum absolute atomic E-state index is 12.7. The molecule has 0 unspecified atom stereocenters. The fraction of sp³-hybridized carbons (Fsp3) is 0.267. The molecule has 3 rings (SSSR count). The molecule has 1 aliphatic carbocycles. The third kappa shape index (κ3) is 2.79. The zero-order valence-corrected chi connectivity index (χ0v) is 13.2. The van der Waals surface area contributed by atoms with Crippen LogP contribution in [0.2, 0.25) is 0 Å². The van der Waals surface area contributed by atoms with Gasteiger partial charge in [0, 0.05) is 23.4 Å². The Hall–Kier alpha value is -2.29. The number of hydrogen-bond acceptors (Lipinski definition) is 5. The number of nitrogens with zero attached hydrogens (tertiary/aromatic N) is 1. The summed E-state index contributed by atoms with van der Waals surface area (Å²) >= 11 is 0. The van der Waals surface area contributed by atoms with E-state index in [0.717, 1.165) is 5.56 Å². The lowest BCUT2D eigenvalue weighted by atomic mass is 9.85. The standard InChI is InChI=1S/C15H12F3NO4S/c1-22-13-8-10(6-7-19-13)12-5-3-9-2-4-11(9)14(12)23-24(20,21)15(16,17)18/h3,5-8H,2,4H2,1H3. The molecule has 0 N–H and O–H groups in total. The van der Waals surface area contributed by atoms with Crippen molar-refractivity contribution in [2.75, 3.05) is 7.11 Å². The van der Waals surface area contributed by atoms with Crippen LogP contribution in [-0.4, -0.2) is 26.0 Å². The van der Waals surface area contributed by atoms with Gasteiger partial charge in [-0.05, 0) is 30.0 Å². The molecule has 0 saturated heterocycles. The predicted molar refractivity (Wildman–Crippen MR) is 79.2 cm³/mol. The largest absolute Gasteiger partial charge is 0.534 e. The van der Waals surface area contributed by atoms with Crippen molar-refractivity contribution < 1.29 is 30.5 Å². The zero-order valence-electron chi connectivity index (χ0n) is 12.4. The van der Waals surface area contributed by atoms with Crippen LogP contribution in [0.15, 0.2) is 30.5 Å². The fourth-order valence-electron chi connectivity index (χ4n) is 2.43. The van der Waals surface area contributed by atoms with Gasteiger partial charge in [0.1, 0.15) is 0 Å². The van der Waals surface area contributed by atoms with Gasteiger partial charge in [-0.3, -0.25) is 0 Å². The first-order chi connectivity index (χ1) is 11.2. The Morgan fingerprint density at radius 3 is 2.50 bits per heavy atom. The van der Waals surface area contributed by atoms with Crippen molar-refractivity contribution in [2.45, 2.75) is 18.3 Å². The summed E-state index contributed by atoms with van der Waals surface area (Å²) in [5.74, 6) is -0.0378. The Labute approximate surface area is 136 Å². The molecule has 1 aromatic carbocycles. The van der Waals surface area contributed by atoms with Gasteiger partial charge in [-0.2, -0.15) is 21.6 Å². The highest BCUT2D eigenvalue weighted by atomic mass is 32.2. The van der Waals surface area contributed by atoms with Crippen LogP contribution in [0.25, 0.3) is 11.1 Å². The van der Waals surface area contributed by atoms with E-state index in [9.17, 15) is 21.6 Å². The first-order valence-corrected chi connectivity index (χ1v) is 8.29. The Morgan fingerprint density at radius 1 is 1.17 bits per heavy atom. The molecule has 5 nitrogen and oxygen atoms in total. The smallest absolute Gasteiger partial charge is 0.481 e. The number of rotatable bonds is 4. The third-order valence-electron chi connectivity index (χ3n) is 3.73. The summed E-state index contributed by atoms with van der Waals surface area (Å²) in [4.78, 5) is 3.92. The molecule has 0 aliphatic heterocycles. The van der Waals surface area contributed by atoms with Crippen molar-refractivity contribution >= 4 is 10.1 Å². The molecule has 0 saturated carbocycles. The van der Waals surface area contributed by atoms with Crippen LogP contribution in [0.5, 0.6) is 11.6 Å². The van der Waals surface area contributed by atoms with E-state index in [2.05, 4.69) is 9.17 Å². The number of methoxy groups -OCH3 is 1. The summed E-state index contributed by atoms with van der Waals surface area (Å²) in [6, 6.07) is 6.31. The molecule has 128 valence electrons. The van der Waals surface area contributed by atoms with Crippen LogP contribution in [0, 0.1) is 0 Å². The van der Waals surface area contributed by atoms with Gasteiger partial charge in [0.25, 0.3) is 0 Å². The number of fused-ring (bicyclic) bond motifs is 1. The van der Waals surface area contributed by atoms with E-state index in [1.54, 1.807) is 6.07 Å². The van der Waals surface area contributed by atoms with Crippen LogP contribution < -0.4 is 8.92 Å². The Morgan fingerprint density at radius 2 is 1.92 bits per heavy atom. The van der Waals surface area contributed by atoms with Crippen LogP contribution >= 0.6 is 0 Å². The highest BCUT2D eigenvalue weighted by Gasteiger charge is 2.49. The van der Waals surface area contributed by atoms with E-state index >= 15 is 0 Å². The molecule has 0 bridgehead atoms. The maximum Gasteiger partial charge on any atom is 0.534 e. The average Bonchev–Trinajstić information content (AvgIpc) is 2.47. The second-order valence-corrected chi connectivity index (χ2v) is 6.69. The minimum Gasteiger partial charge on any atom is -0.481 e. The van der Waals surface area contributed by atoms with Crippen LogP contribution in [0.4, 0.5) is 13.2 Å². The summed E-state index contributed by atoms with van der Waals surface area (Å²) < 4.78 is 70.4. The van der Waals surface area contributed by atoms with Crippen molar-refractivity contribution in [1.82, 2.24) is 4.98 Å². The molecule has 1 heterocycles. The second kappa shape index (κ2) is 5.66. The molecule has 9 heteroatoms. The van der Waals surface area contributed by atoms with Gasteiger partial charge in [0.15, 0.2) is 5.75 Å². The summed E-state index contributed by atoms with van der Waals surface area (Å²) in [5.41, 5.74) is -3.57. The molecule has 1 aliphatic rings. The van der Waals surface area contributed by atoms with E-state index in [-0.39, 0.29) is 17.2 Å². The number of hydrogen-bond donors (Lipinski definition) is 0. The van der Waals surface area contributed by atoms with Crippen LogP contribution in [0.1, 0.15) is 11.1 Å². The molecule has 2 aromatic rings. The van der Waals surface area contributed by atoms with Gasteiger partial charge >= 0.3 is 15.6 Å². The lowest BCUT2D eigenvalue weighted by Crippen LogP contribution is -2.29. The van der Waals surface area contributed by atoms with Gasteiger partial charge in [-0.25, -0.2) is 4.98 Å². The molecule has 24 heavy (non-hydrogen) atoms. The van der Waals surface area contributed by atoms with Crippen molar-refractivity contribution in [3.8, 4) is 22.8 Å². The van der Waals surface area contributed by atoms with Crippen molar-refractivity contribution in [3.63, 3.8) is 0 Å². The molecular weight excluding hydrogens is 347 g/mol. The quantitative estimate of drug-likeness (QED) is 0.620. The monoisotopic (exact) mass is 359 g/mol. The van der Waals surface area contributed by atoms with E-state index in [1.807, 2.05) is 0 Å². The number of benzene rings is 1. The zero-order chi connectivity index (χ0) is 17.5. The highest BCUT2D eigenvalue weighted by molar-refractivity contribution is 7.88. The number of aromatic nitrogens is 1.